The highest BCUT2D eigenvalue weighted by Crippen LogP contribution is 2.14. The van der Waals surface area contributed by atoms with E-state index >= 15 is 0 Å². The van der Waals surface area contributed by atoms with Gasteiger partial charge in [0.1, 0.15) is 0 Å². The van der Waals surface area contributed by atoms with Crippen molar-refractivity contribution in [2.45, 2.75) is 19.8 Å². The number of amides is 1. The first-order valence-electron chi connectivity index (χ1n) is 5.94. The minimum absolute atomic E-state index is 0.116. The number of benzene rings is 1. The van der Waals surface area contributed by atoms with Crippen molar-refractivity contribution in [2.24, 2.45) is 0 Å². The van der Waals surface area contributed by atoms with Crippen LogP contribution in [0.4, 0.5) is 0 Å². The van der Waals surface area contributed by atoms with Crippen molar-refractivity contribution in [3.05, 3.63) is 35.9 Å². The molecule has 0 aliphatic carbocycles. The highest BCUT2D eigenvalue weighted by Gasteiger charge is 2.23. The summed E-state index contributed by atoms with van der Waals surface area (Å²) in [5.74, 6) is 0.116. The lowest BCUT2D eigenvalue weighted by atomic mass is 10.2. The van der Waals surface area contributed by atoms with Crippen molar-refractivity contribution in [3.63, 3.8) is 0 Å². The molecule has 3 heteroatoms. The SMILES string of the molecule is CCN(C(=O)c1ccccc1)N1CCCC1. The minimum Gasteiger partial charge on any atom is -0.272 e. The molecule has 1 amide bonds. The molecule has 0 saturated carbocycles. The first kappa shape index (κ1) is 11.1. The molecule has 0 radical (unpaired) electrons. The van der Waals surface area contributed by atoms with Crippen LogP contribution in [0.5, 0.6) is 0 Å². The molecule has 1 fully saturated rings. The van der Waals surface area contributed by atoms with Crippen molar-refractivity contribution in [3.8, 4) is 0 Å². The van der Waals surface area contributed by atoms with Gasteiger partial charge < -0.3 is 0 Å². The predicted octanol–water partition coefficient (Wildman–Crippen LogP) is 2.16. The fraction of sp³-hybridized carbons (Fsp3) is 0.462. The molecule has 0 N–H and O–H groups in total. The van der Waals surface area contributed by atoms with Crippen molar-refractivity contribution in [1.29, 1.82) is 0 Å². The van der Waals surface area contributed by atoms with Gasteiger partial charge in [-0.25, -0.2) is 5.01 Å². The lowest BCUT2D eigenvalue weighted by Crippen LogP contribution is -2.44. The first-order chi connectivity index (χ1) is 7.83. The Balaban J connectivity index is 2.12. The second-order valence-corrected chi connectivity index (χ2v) is 4.05. The van der Waals surface area contributed by atoms with Crippen LogP contribution in [-0.4, -0.2) is 35.6 Å². The van der Waals surface area contributed by atoms with E-state index in [2.05, 4.69) is 5.01 Å². The Morgan fingerprint density at radius 3 is 2.44 bits per heavy atom. The summed E-state index contributed by atoms with van der Waals surface area (Å²) in [6.07, 6.45) is 2.39. The smallest absolute Gasteiger partial charge is 0.268 e. The van der Waals surface area contributed by atoms with E-state index in [1.807, 2.05) is 42.3 Å². The van der Waals surface area contributed by atoms with Crippen LogP contribution in [0.1, 0.15) is 30.1 Å². The molecule has 3 nitrogen and oxygen atoms in total. The predicted molar refractivity (Wildman–Crippen MR) is 64.0 cm³/mol. The Kier molecular flexibility index (Phi) is 3.57. The fourth-order valence-corrected chi connectivity index (χ4v) is 2.14. The Morgan fingerprint density at radius 1 is 1.25 bits per heavy atom. The molecule has 1 saturated heterocycles. The molecule has 1 heterocycles. The zero-order valence-electron chi connectivity index (χ0n) is 9.72. The molecule has 0 atom stereocenters. The molecule has 0 bridgehead atoms. The van der Waals surface area contributed by atoms with Crippen molar-refractivity contribution in [1.82, 2.24) is 10.0 Å². The van der Waals surface area contributed by atoms with Crippen LogP contribution >= 0.6 is 0 Å². The average molecular weight is 218 g/mol. The number of rotatable bonds is 3. The fourth-order valence-electron chi connectivity index (χ4n) is 2.14. The summed E-state index contributed by atoms with van der Waals surface area (Å²) in [4.78, 5) is 12.2. The quantitative estimate of drug-likeness (QED) is 0.776. The molecule has 0 spiro atoms. The van der Waals surface area contributed by atoms with E-state index in [1.54, 1.807) is 0 Å². The van der Waals surface area contributed by atoms with Crippen LogP contribution in [-0.2, 0) is 0 Å². The molecule has 2 rings (SSSR count). The van der Waals surface area contributed by atoms with E-state index in [0.29, 0.717) is 0 Å². The molecule has 1 aromatic carbocycles. The normalized spacial score (nSPS) is 16.3. The summed E-state index contributed by atoms with van der Waals surface area (Å²) in [7, 11) is 0. The van der Waals surface area contributed by atoms with E-state index in [-0.39, 0.29) is 5.91 Å². The zero-order chi connectivity index (χ0) is 11.4. The maximum Gasteiger partial charge on any atom is 0.268 e. The van der Waals surface area contributed by atoms with Crippen LogP contribution in [0, 0.1) is 0 Å². The van der Waals surface area contributed by atoms with Gasteiger partial charge in [0.25, 0.3) is 5.91 Å². The lowest BCUT2D eigenvalue weighted by Gasteiger charge is -2.30. The van der Waals surface area contributed by atoms with Crippen LogP contribution in [0.15, 0.2) is 30.3 Å². The van der Waals surface area contributed by atoms with Gasteiger partial charge in [-0.05, 0) is 31.9 Å². The second kappa shape index (κ2) is 5.12. The van der Waals surface area contributed by atoms with Crippen molar-refractivity contribution in [2.75, 3.05) is 19.6 Å². The van der Waals surface area contributed by atoms with Crippen LogP contribution in [0.2, 0.25) is 0 Å². The maximum absolute atomic E-state index is 12.2. The van der Waals surface area contributed by atoms with Crippen LogP contribution < -0.4 is 0 Å². The van der Waals surface area contributed by atoms with Crippen LogP contribution in [0.3, 0.4) is 0 Å². The van der Waals surface area contributed by atoms with Crippen LogP contribution in [0.25, 0.3) is 0 Å². The Labute approximate surface area is 96.6 Å². The van der Waals surface area contributed by atoms with Gasteiger partial charge in [0.05, 0.1) is 0 Å². The van der Waals surface area contributed by atoms with Gasteiger partial charge in [-0.2, -0.15) is 0 Å². The van der Waals surface area contributed by atoms with E-state index in [4.69, 9.17) is 0 Å². The molecule has 86 valence electrons. The van der Waals surface area contributed by atoms with Gasteiger partial charge in [0, 0.05) is 25.2 Å². The molecule has 16 heavy (non-hydrogen) atoms. The van der Waals surface area contributed by atoms with Crippen molar-refractivity contribution >= 4 is 5.91 Å². The summed E-state index contributed by atoms with van der Waals surface area (Å²) in [5, 5.41) is 4.03. The van der Waals surface area contributed by atoms with Gasteiger partial charge in [0.2, 0.25) is 0 Å². The number of hydrogen-bond donors (Lipinski definition) is 0. The molecule has 1 aromatic rings. The van der Waals surface area contributed by atoms with E-state index in [9.17, 15) is 4.79 Å². The highest BCUT2D eigenvalue weighted by atomic mass is 16.2. The largest absolute Gasteiger partial charge is 0.272 e. The van der Waals surface area contributed by atoms with Gasteiger partial charge in [0.15, 0.2) is 0 Å². The summed E-state index contributed by atoms with van der Waals surface area (Å²) >= 11 is 0. The lowest BCUT2D eigenvalue weighted by molar-refractivity contribution is 0.00736. The topological polar surface area (TPSA) is 23.6 Å². The number of carbonyl (C=O) groups is 1. The van der Waals surface area contributed by atoms with Crippen molar-refractivity contribution < 1.29 is 4.79 Å². The van der Waals surface area contributed by atoms with E-state index < -0.39 is 0 Å². The standard InChI is InChI=1S/C13H18N2O/c1-2-15(14-10-6-7-11-14)13(16)12-8-4-3-5-9-12/h3-5,8-9H,2,6-7,10-11H2,1H3. The van der Waals surface area contributed by atoms with Gasteiger partial charge in [-0.3, -0.25) is 9.80 Å². The third kappa shape index (κ3) is 2.25. The number of carbonyl (C=O) groups excluding carboxylic acids is 1. The van der Waals surface area contributed by atoms with E-state index in [0.717, 1.165) is 25.2 Å². The Bertz CT molecular complexity index is 344. The minimum atomic E-state index is 0.116. The highest BCUT2D eigenvalue weighted by molar-refractivity contribution is 5.93. The van der Waals surface area contributed by atoms with Gasteiger partial charge in [-0.15, -0.1) is 0 Å². The average Bonchev–Trinajstić information content (AvgIpc) is 2.85. The summed E-state index contributed by atoms with van der Waals surface area (Å²) in [5.41, 5.74) is 0.774. The van der Waals surface area contributed by atoms with Gasteiger partial charge >= 0.3 is 0 Å². The van der Waals surface area contributed by atoms with E-state index in [1.165, 1.54) is 12.8 Å². The Hall–Kier alpha value is -1.35. The summed E-state index contributed by atoms with van der Waals surface area (Å²) in [6, 6.07) is 9.50. The molecule has 1 aliphatic heterocycles. The number of hydrogen-bond acceptors (Lipinski definition) is 2. The monoisotopic (exact) mass is 218 g/mol. The molecule has 0 unspecified atom stereocenters. The molecule has 0 aromatic heterocycles. The summed E-state index contributed by atoms with van der Waals surface area (Å²) in [6.45, 7) is 4.78. The second-order valence-electron chi connectivity index (χ2n) is 4.05. The zero-order valence-corrected chi connectivity index (χ0v) is 9.72. The third-order valence-corrected chi connectivity index (χ3v) is 2.98. The number of hydrazine groups is 1. The maximum atomic E-state index is 12.2. The number of nitrogens with zero attached hydrogens (tertiary/aromatic N) is 2. The third-order valence-electron chi connectivity index (χ3n) is 2.98. The molecule has 1 aliphatic rings. The first-order valence-corrected chi connectivity index (χ1v) is 5.94. The summed E-state index contributed by atoms with van der Waals surface area (Å²) < 4.78 is 0. The Morgan fingerprint density at radius 2 is 1.88 bits per heavy atom. The molecular weight excluding hydrogens is 200 g/mol. The molecular formula is C13H18N2O. The van der Waals surface area contributed by atoms with Gasteiger partial charge in [-0.1, -0.05) is 18.2 Å².